The minimum Gasteiger partial charge on any atom is -0.399 e. The summed E-state index contributed by atoms with van der Waals surface area (Å²) in [6, 6.07) is 5.57. The number of likely N-dealkylation sites (N-methyl/N-ethyl adjacent to an activating group) is 1. The van der Waals surface area contributed by atoms with Gasteiger partial charge in [0.2, 0.25) is 5.91 Å². The lowest BCUT2D eigenvalue weighted by molar-refractivity contribution is -0.118. The highest BCUT2D eigenvalue weighted by Gasteiger charge is 2.31. The normalized spacial score (nSPS) is 19.4. The van der Waals surface area contributed by atoms with Crippen molar-refractivity contribution >= 4 is 17.3 Å². The molecule has 0 spiro atoms. The molecule has 1 amide bonds. The number of nitrogen functional groups attached to an aromatic ring is 1. The fourth-order valence-electron chi connectivity index (χ4n) is 2.64. The Kier molecular flexibility index (Phi) is 4.54. The Morgan fingerprint density at radius 3 is 2.76 bits per heavy atom. The number of nitrogens with zero attached hydrogens (tertiary/aromatic N) is 2. The molecule has 1 heterocycles. The van der Waals surface area contributed by atoms with Crippen LogP contribution in [0.25, 0.3) is 0 Å². The lowest BCUT2D eigenvalue weighted by atomic mass is 10.00. The summed E-state index contributed by atoms with van der Waals surface area (Å²) in [7, 11) is 2.13. The predicted octanol–water partition coefficient (Wildman–Crippen LogP) is 1.54. The largest absolute Gasteiger partial charge is 0.399 e. The van der Waals surface area contributed by atoms with E-state index in [1.807, 2.05) is 19.1 Å². The fourth-order valence-corrected chi connectivity index (χ4v) is 2.64. The highest BCUT2D eigenvalue weighted by atomic mass is 16.2. The van der Waals surface area contributed by atoms with Crippen LogP contribution < -0.4 is 11.1 Å². The van der Waals surface area contributed by atoms with Gasteiger partial charge in [0.1, 0.15) is 0 Å². The quantitative estimate of drug-likeness (QED) is 0.829. The number of aryl methyl sites for hydroxylation is 1. The van der Waals surface area contributed by atoms with Crippen LogP contribution >= 0.6 is 0 Å². The molecule has 3 N–H and O–H groups in total. The maximum absolute atomic E-state index is 12.2. The van der Waals surface area contributed by atoms with Crippen LogP contribution in [-0.4, -0.2) is 54.5 Å². The van der Waals surface area contributed by atoms with Gasteiger partial charge in [-0.1, -0.05) is 6.07 Å². The minimum absolute atomic E-state index is 0.0176. The number of anilines is 2. The number of nitrogens with one attached hydrogen (secondary N) is 1. The fraction of sp³-hybridized carbons (Fsp3) is 0.562. The second-order valence-corrected chi connectivity index (χ2v) is 6.57. The Hall–Kier alpha value is -1.59. The van der Waals surface area contributed by atoms with Gasteiger partial charge in [-0.3, -0.25) is 14.6 Å². The summed E-state index contributed by atoms with van der Waals surface area (Å²) in [5.41, 5.74) is 8.36. The molecule has 21 heavy (non-hydrogen) atoms. The summed E-state index contributed by atoms with van der Waals surface area (Å²) in [5, 5.41) is 2.96. The summed E-state index contributed by atoms with van der Waals surface area (Å²) in [6.45, 7) is 9.60. The number of piperazine rings is 1. The van der Waals surface area contributed by atoms with E-state index in [0.29, 0.717) is 12.2 Å². The van der Waals surface area contributed by atoms with Crippen molar-refractivity contribution < 1.29 is 4.79 Å². The van der Waals surface area contributed by atoms with Crippen molar-refractivity contribution in [3.05, 3.63) is 23.8 Å². The van der Waals surface area contributed by atoms with Gasteiger partial charge in [-0.25, -0.2) is 0 Å². The summed E-state index contributed by atoms with van der Waals surface area (Å²) in [6.07, 6.45) is 0. The molecule has 0 unspecified atom stereocenters. The number of benzene rings is 1. The first-order valence-electron chi connectivity index (χ1n) is 7.37. The molecule has 0 atom stereocenters. The maximum atomic E-state index is 12.2. The number of amides is 1. The van der Waals surface area contributed by atoms with Crippen LogP contribution in [-0.2, 0) is 4.79 Å². The zero-order valence-electron chi connectivity index (χ0n) is 13.4. The first-order valence-corrected chi connectivity index (χ1v) is 7.37. The molecule has 0 radical (unpaired) electrons. The molecule has 0 aromatic heterocycles. The van der Waals surface area contributed by atoms with E-state index < -0.39 is 0 Å². The van der Waals surface area contributed by atoms with Gasteiger partial charge in [0.25, 0.3) is 0 Å². The molecule has 0 bridgehead atoms. The van der Waals surface area contributed by atoms with Crippen LogP contribution in [0.15, 0.2) is 18.2 Å². The summed E-state index contributed by atoms with van der Waals surface area (Å²) >= 11 is 0. The Bertz CT molecular complexity index is 527. The number of rotatable bonds is 3. The third-order valence-corrected chi connectivity index (χ3v) is 4.30. The molecule has 0 saturated carbocycles. The number of hydrogen-bond donors (Lipinski definition) is 2. The van der Waals surface area contributed by atoms with Crippen LogP contribution in [0.5, 0.6) is 0 Å². The highest BCUT2D eigenvalue weighted by molar-refractivity contribution is 5.93. The molecule has 1 aromatic carbocycles. The molecule has 5 heteroatoms. The second-order valence-electron chi connectivity index (χ2n) is 6.57. The Morgan fingerprint density at radius 1 is 1.38 bits per heavy atom. The maximum Gasteiger partial charge on any atom is 0.238 e. The van der Waals surface area contributed by atoms with E-state index in [1.165, 1.54) is 0 Å². The summed E-state index contributed by atoms with van der Waals surface area (Å²) in [4.78, 5) is 16.8. The monoisotopic (exact) mass is 290 g/mol. The van der Waals surface area contributed by atoms with Gasteiger partial charge in [-0.05, 0) is 45.5 Å². The SMILES string of the molecule is Cc1ccc(N)cc1NC(=O)CN1CCN(C)C(C)(C)C1. The van der Waals surface area contributed by atoms with Gasteiger partial charge in [0, 0.05) is 36.5 Å². The van der Waals surface area contributed by atoms with Gasteiger partial charge in [-0.15, -0.1) is 0 Å². The number of hydrogen-bond acceptors (Lipinski definition) is 4. The predicted molar refractivity (Wildman–Crippen MR) is 87.4 cm³/mol. The zero-order valence-corrected chi connectivity index (χ0v) is 13.4. The average molecular weight is 290 g/mol. The van der Waals surface area contributed by atoms with E-state index in [9.17, 15) is 4.79 Å². The number of carbonyl (C=O) groups is 1. The topological polar surface area (TPSA) is 61.6 Å². The summed E-state index contributed by atoms with van der Waals surface area (Å²) in [5.74, 6) is 0.0176. The van der Waals surface area contributed by atoms with Crippen LogP contribution in [0.4, 0.5) is 11.4 Å². The van der Waals surface area contributed by atoms with Gasteiger partial charge in [0.05, 0.1) is 6.54 Å². The lowest BCUT2D eigenvalue weighted by Crippen LogP contribution is -2.58. The first kappa shape index (κ1) is 15.8. The van der Waals surface area contributed by atoms with Crippen molar-refractivity contribution in [1.82, 2.24) is 9.80 Å². The van der Waals surface area contributed by atoms with Crippen molar-refractivity contribution in [2.24, 2.45) is 0 Å². The van der Waals surface area contributed by atoms with E-state index in [-0.39, 0.29) is 11.4 Å². The molecule has 1 fully saturated rings. The van der Waals surface area contributed by atoms with E-state index >= 15 is 0 Å². The number of nitrogens with two attached hydrogens (primary N) is 1. The molecule has 1 aromatic rings. The molecule has 116 valence electrons. The third kappa shape index (κ3) is 3.95. The third-order valence-electron chi connectivity index (χ3n) is 4.30. The molecule has 5 nitrogen and oxygen atoms in total. The minimum atomic E-state index is 0.0176. The van der Waals surface area contributed by atoms with E-state index in [2.05, 4.69) is 36.0 Å². The second kappa shape index (κ2) is 6.03. The van der Waals surface area contributed by atoms with E-state index in [1.54, 1.807) is 6.07 Å². The standard InChI is InChI=1S/C16H26N4O/c1-12-5-6-13(17)9-14(12)18-15(21)10-20-8-7-19(4)16(2,3)11-20/h5-6,9H,7-8,10-11,17H2,1-4H3,(H,18,21). The van der Waals surface area contributed by atoms with Crippen molar-refractivity contribution in [3.8, 4) is 0 Å². The van der Waals surface area contributed by atoms with E-state index in [0.717, 1.165) is 30.9 Å². The Morgan fingerprint density at radius 2 is 2.10 bits per heavy atom. The summed E-state index contributed by atoms with van der Waals surface area (Å²) < 4.78 is 0. The molecular formula is C16H26N4O. The lowest BCUT2D eigenvalue weighted by Gasteiger charge is -2.45. The Balaban J connectivity index is 1.95. The van der Waals surface area contributed by atoms with Crippen LogP contribution in [0.3, 0.4) is 0 Å². The highest BCUT2D eigenvalue weighted by Crippen LogP contribution is 2.20. The Labute approximate surface area is 127 Å². The van der Waals surface area contributed by atoms with E-state index in [4.69, 9.17) is 5.73 Å². The van der Waals surface area contributed by atoms with Gasteiger partial charge >= 0.3 is 0 Å². The van der Waals surface area contributed by atoms with Crippen molar-refractivity contribution in [2.45, 2.75) is 26.3 Å². The van der Waals surface area contributed by atoms with Crippen LogP contribution in [0.2, 0.25) is 0 Å². The van der Waals surface area contributed by atoms with Crippen molar-refractivity contribution in [1.29, 1.82) is 0 Å². The molecular weight excluding hydrogens is 264 g/mol. The molecule has 1 aliphatic heterocycles. The van der Waals surface area contributed by atoms with Crippen LogP contribution in [0.1, 0.15) is 19.4 Å². The first-order chi connectivity index (χ1) is 9.78. The van der Waals surface area contributed by atoms with Crippen molar-refractivity contribution in [3.63, 3.8) is 0 Å². The van der Waals surface area contributed by atoms with Gasteiger partial charge in [0.15, 0.2) is 0 Å². The number of carbonyl (C=O) groups excluding carboxylic acids is 1. The molecule has 1 aliphatic rings. The van der Waals surface area contributed by atoms with Gasteiger partial charge < -0.3 is 11.1 Å². The smallest absolute Gasteiger partial charge is 0.238 e. The molecule has 1 saturated heterocycles. The van der Waals surface area contributed by atoms with Crippen molar-refractivity contribution in [2.75, 3.05) is 44.3 Å². The molecule has 2 rings (SSSR count). The zero-order chi connectivity index (χ0) is 15.6. The van der Waals surface area contributed by atoms with Gasteiger partial charge in [-0.2, -0.15) is 0 Å². The van der Waals surface area contributed by atoms with Crippen LogP contribution in [0, 0.1) is 6.92 Å². The average Bonchev–Trinajstić information content (AvgIpc) is 2.38. The molecule has 0 aliphatic carbocycles.